The number of benzene rings is 1. The number of nitrogens with zero attached hydrogens (tertiary/aromatic N) is 6. The van der Waals surface area contributed by atoms with E-state index in [4.69, 9.17) is 19.2 Å². The number of hydrogen-bond acceptors (Lipinski definition) is 9. The van der Waals surface area contributed by atoms with Crippen LogP contribution in [0.2, 0.25) is 0 Å². The molecule has 9 heteroatoms. The van der Waals surface area contributed by atoms with Crippen LogP contribution in [0, 0.1) is 6.92 Å². The first-order chi connectivity index (χ1) is 16.7. The first-order valence-electron chi connectivity index (χ1n) is 11.9. The molecule has 6 rings (SSSR count). The fourth-order valence-corrected chi connectivity index (χ4v) is 5.87. The van der Waals surface area contributed by atoms with Crippen molar-refractivity contribution >= 4 is 27.4 Å². The second kappa shape index (κ2) is 9.40. The van der Waals surface area contributed by atoms with Crippen molar-refractivity contribution in [3.05, 3.63) is 53.3 Å². The number of aromatic nitrogens is 4. The summed E-state index contributed by atoms with van der Waals surface area (Å²) in [7, 11) is 0. The summed E-state index contributed by atoms with van der Waals surface area (Å²) in [6.45, 7) is 7.75. The molecule has 1 aromatic carbocycles. The molecule has 0 bridgehead atoms. The van der Waals surface area contributed by atoms with Crippen molar-refractivity contribution in [3.63, 3.8) is 0 Å². The summed E-state index contributed by atoms with van der Waals surface area (Å²) in [5.41, 5.74) is 2.39. The van der Waals surface area contributed by atoms with Gasteiger partial charge in [-0.1, -0.05) is 35.5 Å². The van der Waals surface area contributed by atoms with E-state index < -0.39 is 0 Å². The zero-order valence-corrected chi connectivity index (χ0v) is 20.1. The van der Waals surface area contributed by atoms with E-state index in [1.54, 1.807) is 11.3 Å². The third-order valence-electron chi connectivity index (χ3n) is 6.63. The second-order valence-electron chi connectivity index (χ2n) is 9.01. The summed E-state index contributed by atoms with van der Waals surface area (Å²) in [6.07, 6.45) is 2.10. The van der Waals surface area contributed by atoms with Gasteiger partial charge in [-0.15, -0.1) is 11.3 Å². The zero-order chi connectivity index (χ0) is 22.9. The van der Waals surface area contributed by atoms with E-state index in [0.29, 0.717) is 5.82 Å². The Morgan fingerprint density at radius 1 is 1.06 bits per heavy atom. The first kappa shape index (κ1) is 21.6. The largest absolute Gasteiger partial charge is 0.379 e. The third kappa shape index (κ3) is 4.31. The fraction of sp³-hybridized carbons (Fsp3) is 0.440. The monoisotopic (exact) mass is 476 g/mol. The van der Waals surface area contributed by atoms with Crippen molar-refractivity contribution in [2.24, 2.45) is 0 Å². The van der Waals surface area contributed by atoms with Crippen LogP contribution in [0.1, 0.15) is 36.3 Å². The highest BCUT2D eigenvalue weighted by molar-refractivity contribution is 7.17. The van der Waals surface area contributed by atoms with Crippen LogP contribution in [0.4, 0.5) is 5.82 Å². The van der Waals surface area contributed by atoms with Gasteiger partial charge in [0.05, 0.1) is 31.1 Å². The van der Waals surface area contributed by atoms with E-state index >= 15 is 0 Å². The quantitative estimate of drug-likeness (QED) is 0.423. The van der Waals surface area contributed by atoms with Gasteiger partial charge in [0.1, 0.15) is 16.5 Å². The first-order valence-corrected chi connectivity index (χ1v) is 12.8. The lowest BCUT2D eigenvalue weighted by Gasteiger charge is -2.33. The lowest BCUT2D eigenvalue weighted by atomic mass is 9.97. The van der Waals surface area contributed by atoms with Crippen LogP contribution in [0.5, 0.6) is 0 Å². The van der Waals surface area contributed by atoms with Crippen molar-refractivity contribution < 1.29 is 9.26 Å². The minimum Gasteiger partial charge on any atom is -0.379 e. The number of piperidine rings is 1. The van der Waals surface area contributed by atoms with E-state index in [1.165, 1.54) is 11.1 Å². The van der Waals surface area contributed by atoms with Crippen molar-refractivity contribution in [1.29, 1.82) is 0 Å². The van der Waals surface area contributed by atoms with Gasteiger partial charge in [-0.3, -0.25) is 4.90 Å². The Bertz CT molecular complexity index is 1270. The SMILES string of the molecule is Cc1noc([C@@H]2CCCN(c3nc(CN4CCOCC4)nc4scc(-c5ccccc5)c34)C2)n1. The molecule has 2 fully saturated rings. The number of morpholine rings is 1. The van der Waals surface area contributed by atoms with Gasteiger partial charge in [-0.05, 0) is 25.3 Å². The third-order valence-corrected chi connectivity index (χ3v) is 7.50. The highest BCUT2D eigenvalue weighted by atomic mass is 32.1. The molecule has 4 aromatic rings. The Kier molecular flexibility index (Phi) is 5.98. The van der Waals surface area contributed by atoms with Gasteiger partial charge in [0.25, 0.3) is 0 Å². The summed E-state index contributed by atoms with van der Waals surface area (Å²) in [4.78, 5) is 20.5. The molecule has 0 spiro atoms. The molecule has 0 aliphatic carbocycles. The number of ether oxygens (including phenoxy) is 1. The van der Waals surface area contributed by atoms with Crippen molar-refractivity contribution in [3.8, 4) is 11.1 Å². The normalized spacial score (nSPS) is 19.7. The molecule has 0 N–H and O–H groups in total. The Morgan fingerprint density at radius 3 is 2.71 bits per heavy atom. The maximum Gasteiger partial charge on any atom is 0.231 e. The molecule has 0 unspecified atom stereocenters. The number of anilines is 1. The second-order valence-corrected chi connectivity index (χ2v) is 9.87. The summed E-state index contributed by atoms with van der Waals surface area (Å²) < 4.78 is 11.1. The summed E-state index contributed by atoms with van der Waals surface area (Å²) in [5.74, 6) is 3.53. The molecule has 2 aliphatic heterocycles. The Morgan fingerprint density at radius 2 is 1.91 bits per heavy atom. The molecule has 2 saturated heterocycles. The van der Waals surface area contributed by atoms with E-state index in [1.807, 2.05) is 6.92 Å². The van der Waals surface area contributed by atoms with E-state index in [9.17, 15) is 0 Å². The van der Waals surface area contributed by atoms with Crippen molar-refractivity contribution in [1.82, 2.24) is 25.0 Å². The minimum absolute atomic E-state index is 0.210. The maximum absolute atomic E-state index is 5.54. The number of rotatable bonds is 5. The van der Waals surface area contributed by atoms with Gasteiger partial charge in [-0.2, -0.15) is 4.98 Å². The smallest absolute Gasteiger partial charge is 0.231 e. The number of aryl methyl sites for hydroxylation is 1. The zero-order valence-electron chi connectivity index (χ0n) is 19.3. The van der Waals surface area contributed by atoms with Gasteiger partial charge in [0.15, 0.2) is 5.82 Å². The molecule has 8 nitrogen and oxygen atoms in total. The predicted molar refractivity (Wildman–Crippen MR) is 132 cm³/mol. The number of thiophene rings is 1. The molecule has 2 aliphatic rings. The van der Waals surface area contributed by atoms with Gasteiger partial charge in [0.2, 0.25) is 5.89 Å². The molecular formula is C25H28N6O2S. The highest BCUT2D eigenvalue weighted by Crippen LogP contribution is 2.40. The Balaban J connectivity index is 1.41. The molecule has 0 radical (unpaired) electrons. The molecule has 5 heterocycles. The predicted octanol–water partition coefficient (Wildman–Crippen LogP) is 4.27. The maximum atomic E-state index is 5.54. The minimum atomic E-state index is 0.210. The van der Waals surface area contributed by atoms with Crippen LogP contribution in [0.15, 0.2) is 40.2 Å². The molecule has 3 aromatic heterocycles. The molecule has 176 valence electrons. The van der Waals surface area contributed by atoms with E-state index in [2.05, 4.69) is 55.7 Å². The van der Waals surface area contributed by atoms with Gasteiger partial charge < -0.3 is 14.2 Å². The standard InChI is InChI=1S/C25H28N6O2S/c1-17-26-24(33-29-17)19-8-5-9-31(14-19)23-22-20(18-6-3-2-4-7-18)16-34-25(22)28-21(27-23)15-30-10-12-32-13-11-30/h2-4,6-7,16,19H,5,8-15H2,1H3/t19-/m1/s1. The Labute approximate surface area is 202 Å². The summed E-state index contributed by atoms with van der Waals surface area (Å²) in [5, 5.41) is 7.38. The van der Waals surface area contributed by atoms with Crippen LogP contribution in [-0.4, -0.2) is 64.4 Å². The van der Waals surface area contributed by atoms with Crippen LogP contribution in [0.3, 0.4) is 0 Å². The molecule has 34 heavy (non-hydrogen) atoms. The molecular weight excluding hydrogens is 448 g/mol. The lowest BCUT2D eigenvalue weighted by Crippen LogP contribution is -2.37. The lowest BCUT2D eigenvalue weighted by molar-refractivity contribution is 0.0331. The van der Waals surface area contributed by atoms with E-state index in [0.717, 1.165) is 86.5 Å². The molecule has 1 atom stereocenters. The van der Waals surface area contributed by atoms with Crippen LogP contribution in [0.25, 0.3) is 21.3 Å². The fourth-order valence-electron chi connectivity index (χ4n) is 4.91. The van der Waals surface area contributed by atoms with Gasteiger partial charge >= 0.3 is 0 Å². The summed E-state index contributed by atoms with van der Waals surface area (Å²) in [6, 6.07) is 10.5. The Hall–Kier alpha value is -2.88. The number of fused-ring (bicyclic) bond motifs is 1. The van der Waals surface area contributed by atoms with Gasteiger partial charge in [-0.25, -0.2) is 9.97 Å². The topological polar surface area (TPSA) is 80.4 Å². The van der Waals surface area contributed by atoms with Crippen molar-refractivity contribution in [2.75, 3.05) is 44.3 Å². The van der Waals surface area contributed by atoms with Crippen molar-refractivity contribution in [2.45, 2.75) is 32.2 Å². The highest BCUT2D eigenvalue weighted by Gasteiger charge is 2.29. The van der Waals surface area contributed by atoms with Crippen LogP contribution >= 0.6 is 11.3 Å². The average Bonchev–Trinajstić information content (AvgIpc) is 3.51. The molecule has 0 saturated carbocycles. The van der Waals surface area contributed by atoms with Gasteiger partial charge in [0, 0.05) is 37.1 Å². The average molecular weight is 477 g/mol. The van der Waals surface area contributed by atoms with Crippen LogP contribution < -0.4 is 4.90 Å². The van der Waals surface area contributed by atoms with Crippen LogP contribution in [-0.2, 0) is 11.3 Å². The van der Waals surface area contributed by atoms with E-state index in [-0.39, 0.29) is 5.92 Å². The molecule has 0 amide bonds. The summed E-state index contributed by atoms with van der Waals surface area (Å²) >= 11 is 1.70. The number of hydrogen-bond donors (Lipinski definition) is 0.